The maximum Gasteiger partial charge on any atom is 0.0463 e. The summed E-state index contributed by atoms with van der Waals surface area (Å²) in [7, 11) is 0. The van der Waals surface area contributed by atoms with Crippen LogP contribution in [-0.4, -0.2) is 0 Å². The Morgan fingerprint density at radius 3 is 2.21 bits per heavy atom. The lowest BCUT2D eigenvalue weighted by Gasteiger charge is -2.14. The van der Waals surface area contributed by atoms with E-state index in [0.717, 1.165) is 24.2 Å². The molecule has 33 heavy (non-hydrogen) atoms. The van der Waals surface area contributed by atoms with Gasteiger partial charge in [0, 0.05) is 16.8 Å². The van der Waals surface area contributed by atoms with Crippen LogP contribution in [0.15, 0.2) is 109 Å². The Kier molecular flexibility index (Phi) is 5.95. The van der Waals surface area contributed by atoms with Gasteiger partial charge in [0.1, 0.15) is 0 Å². The Labute approximate surface area is 196 Å². The van der Waals surface area contributed by atoms with Gasteiger partial charge in [-0.1, -0.05) is 98.3 Å². The highest BCUT2D eigenvalue weighted by Gasteiger charge is 2.09. The fourth-order valence-electron chi connectivity index (χ4n) is 4.60. The lowest BCUT2D eigenvalue weighted by Crippen LogP contribution is -1.93. The number of anilines is 2. The molecule has 0 saturated carbocycles. The normalized spacial score (nSPS) is 11.0. The molecule has 0 aromatic heterocycles. The molecule has 0 amide bonds. The SMILES string of the molecule is CCCc1ccccc1-c1cc(-c2ccc(Nc3cccc4ccccc34)cc2)ccc1C. The van der Waals surface area contributed by atoms with Crippen molar-refractivity contribution in [1.29, 1.82) is 0 Å². The average molecular weight is 428 g/mol. The molecular formula is C32H29N. The van der Waals surface area contributed by atoms with E-state index in [0.29, 0.717) is 0 Å². The minimum Gasteiger partial charge on any atom is -0.355 e. The molecule has 0 atom stereocenters. The molecule has 0 aliphatic carbocycles. The maximum atomic E-state index is 3.59. The summed E-state index contributed by atoms with van der Waals surface area (Å²) in [5.41, 5.74) is 10.1. The van der Waals surface area contributed by atoms with Gasteiger partial charge in [0.05, 0.1) is 0 Å². The Bertz CT molecular complexity index is 1390. The van der Waals surface area contributed by atoms with Crippen molar-refractivity contribution in [3.8, 4) is 22.3 Å². The second kappa shape index (κ2) is 9.34. The minimum absolute atomic E-state index is 1.09. The van der Waals surface area contributed by atoms with Crippen LogP contribution in [0.5, 0.6) is 0 Å². The van der Waals surface area contributed by atoms with Crippen LogP contribution in [0.1, 0.15) is 24.5 Å². The van der Waals surface area contributed by atoms with Gasteiger partial charge in [-0.25, -0.2) is 0 Å². The first-order valence-corrected chi connectivity index (χ1v) is 11.8. The predicted molar refractivity (Wildman–Crippen MR) is 143 cm³/mol. The lowest BCUT2D eigenvalue weighted by molar-refractivity contribution is 0.923. The van der Waals surface area contributed by atoms with E-state index >= 15 is 0 Å². The Balaban J connectivity index is 1.45. The van der Waals surface area contributed by atoms with Crippen molar-refractivity contribution in [3.63, 3.8) is 0 Å². The van der Waals surface area contributed by atoms with E-state index in [4.69, 9.17) is 0 Å². The van der Waals surface area contributed by atoms with Gasteiger partial charge in [-0.3, -0.25) is 0 Å². The minimum atomic E-state index is 1.09. The van der Waals surface area contributed by atoms with Gasteiger partial charge in [0.25, 0.3) is 0 Å². The molecule has 0 heterocycles. The highest BCUT2D eigenvalue weighted by molar-refractivity contribution is 5.95. The third kappa shape index (κ3) is 4.40. The van der Waals surface area contributed by atoms with Gasteiger partial charge in [-0.2, -0.15) is 0 Å². The predicted octanol–water partition coefficient (Wildman–Crippen LogP) is 9.18. The molecule has 162 valence electrons. The highest BCUT2D eigenvalue weighted by Crippen LogP contribution is 2.33. The maximum absolute atomic E-state index is 3.59. The largest absolute Gasteiger partial charge is 0.355 e. The molecule has 5 rings (SSSR count). The number of hydrogen-bond donors (Lipinski definition) is 1. The molecule has 0 aliphatic rings. The molecule has 0 aliphatic heterocycles. The summed E-state index contributed by atoms with van der Waals surface area (Å²) >= 11 is 0. The number of hydrogen-bond acceptors (Lipinski definition) is 1. The van der Waals surface area contributed by atoms with E-state index in [-0.39, 0.29) is 0 Å². The average Bonchev–Trinajstić information content (AvgIpc) is 2.86. The molecule has 1 heteroatoms. The Hall–Kier alpha value is -3.84. The van der Waals surface area contributed by atoms with Crippen LogP contribution in [0.3, 0.4) is 0 Å². The van der Waals surface area contributed by atoms with E-state index in [1.807, 2.05) is 0 Å². The fourth-order valence-corrected chi connectivity index (χ4v) is 4.60. The second-order valence-electron chi connectivity index (χ2n) is 8.67. The van der Waals surface area contributed by atoms with Gasteiger partial charge < -0.3 is 5.32 Å². The smallest absolute Gasteiger partial charge is 0.0463 e. The first-order chi connectivity index (χ1) is 16.2. The molecular weight excluding hydrogens is 398 g/mol. The highest BCUT2D eigenvalue weighted by atomic mass is 14.9. The van der Waals surface area contributed by atoms with Crippen LogP contribution in [0.25, 0.3) is 33.0 Å². The van der Waals surface area contributed by atoms with Crippen molar-refractivity contribution in [1.82, 2.24) is 0 Å². The van der Waals surface area contributed by atoms with Crippen molar-refractivity contribution >= 4 is 22.1 Å². The third-order valence-electron chi connectivity index (χ3n) is 6.35. The van der Waals surface area contributed by atoms with Gasteiger partial charge in [-0.15, -0.1) is 0 Å². The van der Waals surface area contributed by atoms with E-state index in [9.17, 15) is 0 Å². The second-order valence-corrected chi connectivity index (χ2v) is 8.67. The summed E-state index contributed by atoms with van der Waals surface area (Å²) in [6.45, 7) is 4.45. The molecule has 1 nitrogen and oxygen atoms in total. The molecule has 0 unspecified atom stereocenters. The van der Waals surface area contributed by atoms with Crippen LogP contribution in [0.2, 0.25) is 0 Å². The number of rotatable bonds is 6. The Morgan fingerprint density at radius 2 is 1.36 bits per heavy atom. The first kappa shape index (κ1) is 21.0. The van der Waals surface area contributed by atoms with Crippen LogP contribution >= 0.6 is 0 Å². The van der Waals surface area contributed by atoms with E-state index in [1.54, 1.807) is 0 Å². The van der Waals surface area contributed by atoms with Gasteiger partial charge in [0.15, 0.2) is 0 Å². The quantitative estimate of drug-likeness (QED) is 0.285. The van der Waals surface area contributed by atoms with Crippen molar-refractivity contribution < 1.29 is 0 Å². The van der Waals surface area contributed by atoms with Crippen LogP contribution in [0, 0.1) is 6.92 Å². The Morgan fingerprint density at radius 1 is 0.636 bits per heavy atom. The zero-order valence-electron chi connectivity index (χ0n) is 19.3. The van der Waals surface area contributed by atoms with Crippen LogP contribution < -0.4 is 5.32 Å². The molecule has 0 radical (unpaired) electrons. The summed E-state index contributed by atoms with van der Waals surface area (Å²) in [6.07, 6.45) is 2.26. The summed E-state index contributed by atoms with van der Waals surface area (Å²) in [6, 6.07) is 39.3. The van der Waals surface area contributed by atoms with Crippen molar-refractivity contribution in [3.05, 3.63) is 120 Å². The summed E-state index contributed by atoms with van der Waals surface area (Å²) < 4.78 is 0. The van der Waals surface area contributed by atoms with E-state index in [2.05, 4.69) is 128 Å². The standard InChI is InChI=1S/C32H29N/c1-3-9-25-10-4-6-13-29(25)31-22-27(17-16-23(31)2)24-18-20-28(21-19-24)33-32-15-8-12-26-11-5-7-14-30(26)32/h4-8,10-22,33H,3,9H2,1-2H3. The molecule has 0 spiro atoms. The third-order valence-corrected chi connectivity index (χ3v) is 6.35. The van der Waals surface area contributed by atoms with E-state index in [1.165, 1.54) is 44.2 Å². The van der Waals surface area contributed by atoms with Crippen molar-refractivity contribution in [2.24, 2.45) is 0 Å². The number of fused-ring (bicyclic) bond motifs is 1. The fraction of sp³-hybridized carbons (Fsp3) is 0.125. The number of nitrogens with one attached hydrogen (secondary N) is 1. The first-order valence-electron chi connectivity index (χ1n) is 11.8. The van der Waals surface area contributed by atoms with Crippen LogP contribution in [0.4, 0.5) is 11.4 Å². The zero-order chi connectivity index (χ0) is 22.6. The summed E-state index contributed by atoms with van der Waals surface area (Å²) in [5, 5.41) is 6.07. The van der Waals surface area contributed by atoms with Crippen molar-refractivity contribution in [2.75, 3.05) is 5.32 Å². The molecule has 1 N–H and O–H groups in total. The van der Waals surface area contributed by atoms with Gasteiger partial charge in [0.2, 0.25) is 0 Å². The number of benzene rings is 5. The molecule has 0 bridgehead atoms. The van der Waals surface area contributed by atoms with Gasteiger partial charge >= 0.3 is 0 Å². The summed E-state index contributed by atoms with van der Waals surface area (Å²) in [5.74, 6) is 0. The zero-order valence-corrected chi connectivity index (χ0v) is 19.3. The number of aryl methyl sites for hydroxylation is 2. The molecule has 5 aromatic carbocycles. The summed E-state index contributed by atoms with van der Waals surface area (Å²) in [4.78, 5) is 0. The van der Waals surface area contributed by atoms with Gasteiger partial charge in [-0.05, 0) is 76.4 Å². The van der Waals surface area contributed by atoms with E-state index < -0.39 is 0 Å². The lowest BCUT2D eigenvalue weighted by atomic mass is 9.91. The van der Waals surface area contributed by atoms with Crippen LogP contribution in [-0.2, 0) is 6.42 Å². The molecule has 0 fully saturated rings. The molecule has 5 aromatic rings. The molecule has 0 saturated heterocycles. The topological polar surface area (TPSA) is 12.0 Å². The van der Waals surface area contributed by atoms with Crippen molar-refractivity contribution in [2.45, 2.75) is 26.7 Å². The monoisotopic (exact) mass is 427 g/mol.